The van der Waals surface area contributed by atoms with Gasteiger partial charge < -0.3 is 25.6 Å². The predicted molar refractivity (Wildman–Crippen MR) is 141 cm³/mol. The maximum Gasteiger partial charge on any atom is 0.248 e. The van der Waals surface area contributed by atoms with Crippen LogP contribution < -0.4 is 20.7 Å². The molecule has 0 saturated carbocycles. The fraction of sp³-hybridized carbons (Fsp3) is 0.240. The van der Waals surface area contributed by atoms with Crippen molar-refractivity contribution in [2.75, 3.05) is 51.6 Å². The van der Waals surface area contributed by atoms with Crippen LogP contribution in [0.3, 0.4) is 0 Å². The van der Waals surface area contributed by atoms with E-state index in [4.69, 9.17) is 10.5 Å². The quantitative estimate of drug-likeness (QED) is 0.324. The molecule has 0 aliphatic heterocycles. The average molecular weight is 488 g/mol. The molecule has 11 heteroatoms. The summed E-state index contributed by atoms with van der Waals surface area (Å²) in [5, 5.41) is 11.7. The average Bonchev–Trinajstić information content (AvgIpc) is 3.31. The molecule has 0 atom stereocenters. The Balaban J connectivity index is 1.72. The molecular weight excluding hydrogens is 458 g/mol. The number of hydrogen-bond donors (Lipinski definition) is 2. The van der Waals surface area contributed by atoms with Gasteiger partial charge in [-0.25, -0.2) is 9.97 Å². The van der Waals surface area contributed by atoms with Crippen LogP contribution in [-0.2, 0) is 4.79 Å². The van der Waals surface area contributed by atoms with E-state index in [9.17, 15) is 4.79 Å². The number of para-hydroxylation sites is 1. The van der Waals surface area contributed by atoms with E-state index in [1.54, 1.807) is 23.9 Å². The number of carbonyl (C=O) groups excluding carboxylic acids is 1. The summed E-state index contributed by atoms with van der Waals surface area (Å²) in [6.45, 7) is 5.47. The normalized spacial score (nSPS) is 11.0. The third-order valence-electron chi connectivity index (χ3n) is 5.72. The number of nitrogens with zero attached hydrogens (tertiary/aromatic N) is 7. The number of carbonyl (C=O) groups is 1. The standard InChI is InChI=1S/C25H29N9O2/c1-16(25(26)35)17-12-19(22(36-5)13-21(17)33(4)11-10-32(2)3)29-23-14-24(28-15-27-23)34-20-9-7-6-8-18(20)30-31-34/h6-9,12-15H,1,10-11H2,2-5H3,(H2,26,35)(H,27,28,29). The fourth-order valence-corrected chi connectivity index (χ4v) is 3.70. The minimum absolute atomic E-state index is 0.199. The summed E-state index contributed by atoms with van der Waals surface area (Å²) < 4.78 is 7.31. The Kier molecular flexibility index (Phi) is 7.11. The number of amides is 1. The van der Waals surface area contributed by atoms with Crippen molar-refractivity contribution < 1.29 is 9.53 Å². The van der Waals surface area contributed by atoms with Crippen LogP contribution >= 0.6 is 0 Å². The van der Waals surface area contributed by atoms with Crippen LogP contribution in [0.1, 0.15) is 5.56 Å². The number of nitrogens with two attached hydrogens (primary N) is 1. The van der Waals surface area contributed by atoms with Crippen molar-refractivity contribution in [3.05, 3.63) is 60.9 Å². The molecule has 186 valence electrons. The fourth-order valence-electron chi connectivity index (χ4n) is 3.70. The summed E-state index contributed by atoms with van der Waals surface area (Å²) in [6.07, 6.45) is 1.44. The highest BCUT2D eigenvalue weighted by molar-refractivity contribution is 6.19. The van der Waals surface area contributed by atoms with Crippen LogP contribution in [0.15, 0.2) is 55.4 Å². The summed E-state index contributed by atoms with van der Waals surface area (Å²) in [7, 11) is 7.54. The van der Waals surface area contributed by atoms with Gasteiger partial charge in [0.25, 0.3) is 0 Å². The summed E-state index contributed by atoms with van der Waals surface area (Å²) >= 11 is 0. The monoisotopic (exact) mass is 487 g/mol. The van der Waals surface area contributed by atoms with E-state index in [0.717, 1.165) is 29.8 Å². The molecule has 0 unspecified atom stereocenters. The Bertz CT molecular complexity index is 1410. The van der Waals surface area contributed by atoms with Gasteiger partial charge >= 0.3 is 0 Å². The van der Waals surface area contributed by atoms with E-state index in [-0.39, 0.29) is 5.57 Å². The molecule has 1 amide bonds. The number of fused-ring (bicyclic) bond motifs is 1. The van der Waals surface area contributed by atoms with E-state index in [2.05, 4.69) is 37.1 Å². The number of ether oxygens (including phenoxy) is 1. The first kappa shape index (κ1) is 24.6. The van der Waals surface area contributed by atoms with E-state index in [1.807, 2.05) is 56.4 Å². The molecule has 36 heavy (non-hydrogen) atoms. The van der Waals surface area contributed by atoms with Crippen molar-refractivity contribution in [3.8, 4) is 11.6 Å². The molecule has 0 bridgehead atoms. The zero-order valence-corrected chi connectivity index (χ0v) is 20.8. The highest BCUT2D eigenvalue weighted by Gasteiger charge is 2.19. The van der Waals surface area contributed by atoms with Crippen molar-refractivity contribution in [1.82, 2.24) is 29.9 Å². The van der Waals surface area contributed by atoms with Gasteiger partial charge in [-0.3, -0.25) is 4.79 Å². The first-order chi connectivity index (χ1) is 17.3. The maximum atomic E-state index is 12.1. The van der Waals surface area contributed by atoms with Gasteiger partial charge in [0, 0.05) is 49.1 Å². The zero-order chi connectivity index (χ0) is 25.8. The number of anilines is 3. The van der Waals surface area contributed by atoms with Crippen molar-refractivity contribution in [3.63, 3.8) is 0 Å². The second-order valence-corrected chi connectivity index (χ2v) is 8.51. The Morgan fingerprint density at radius 1 is 1.14 bits per heavy atom. The van der Waals surface area contributed by atoms with E-state index in [1.165, 1.54) is 6.33 Å². The zero-order valence-electron chi connectivity index (χ0n) is 20.8. The maximum absolute atomic E-state index is 12.1. The first-order valence-electron chi connectivity index (χ1n) is 11.3. The minimum Gasteiger partial charge on any atom is -0.494 e. The molecule has 3 N–H and O–H groups in total. The van der Waals surface area contributed by atoms with Crippen molar-refractivity contribution >= 4 is 39.7 Å². The molecule has 0 radical (unpaired) electrons. The van der Waals surface area contributed by atoms with Gasteiger partial charge in [-0.1, -0.05) is 23.9 Å². The molecule has 0 saturated heterocycles. The lowest BCUT2D eigenvalue weighted by Gasteiger charge is -2.26. The van der Waals surface area contributed by atoms with E-state index in [0.29, 0.717) is 28.6 Å². The highest BCUT2D eigenvalue weighted by Crippen LogP contribution is 2.37. The van der Waals surface area contributed by atoms with Gasteiger partial charge in [0.15, 0.2) is 5.82 Å². The molecule has 2 aromatic carbocycles. The number of hydrogen-bond acceptors (Lipinski definition) is 9. The summed E-state index contributed by atoms with van der Waals surface area (Å²) in [6, 6.07) is 13.0. The largest absolute Gasteiger partial charge is 0.494 e. The van der Waals surface area contributed by atoms with Crippen LogP contribution in [-0.4, -0.2) is 77.1 Å². The topological polar surface area (TPSA) is 127 Å². The molecule has 0 fully saturated rings. The number of aromatic nitrogens is 5. The SMILES string of the molecule is C=C(C(N)=O)c1cc(Nc2cc(-n3nnc4ccccc43)ncn2)c(OC)cc1N(C)CCN(C)C. The number of methoxy groups -OCH3 is 1. The van der Waals surface area contributed by atoms with E-state index >= 15 is 0 Å². The number of rotatable bonds is 10. The van der Waals surface area contributed by atoms with Gasteiger partial charge in [0.2, 0.25) is 5.91 Å². The lowest BCUT2D eigenvalue weighted by molar-refractivity contribution is -0.112. The molecule has 2 heterocycles. The molecule has 0 spiro atoms. The Morgan fingerprint density at radius 3 is 2.64 bits per heavy atom. The molecule has 11 nitrogen and oxygen atoms in total. The van der Waals surface area contributed by atoms with Crippen LogP contribution in [0.4, 0.5) is 17.2 Å². The molecule has 2 aromatic heterocycles. The third-order valence-corrected chi connectivity index (χ3v) is 5.72. The Labute approximate surface area is 209 Å². The molecule has 0 aliphatic rings. The van der Waals surface area contributed by atoms with Crippen LogP contribution in [0.2, 0.25) is 0 Å². The second-order valence-electron chi connectivity index (χ2n) is 8.51. The van der Waals surface area contributed by atoms with Crippen LogP contribution in [0.5, 0.6) is 5.75 Å². The highest BCUT2D eigenvalue weighted by atomic mass is 16.5. The molecule has 4 aromatic rings. The smallest absolute Gasteiger partial charge is 0.248 e. The van der Waals surface area contributed by atoms with Gasteiger partial charge in [0.1, 0.15) is 23.4 Å². The van der Waals surface area contributed by atoms with Crippen molar-refractivity contribution in [2.45, 2.75) is 0 Å². The van der Waals surface area contributed by atoms with Gasteiger partial charge in [-0.15, -0.1) is 5.10 Å². The van der Waals surface area contributed by atoms with Crippen LogP contribution in [0, 0.1) is 0 Å². The summed E-state index contributed by atoms with van der Waals surface area (Å²) in [5.74, 6) is 1.01. The van der Waals surface area contributed by atoms with Gasteiger partial charge in [0.05, 0.1) is 18.3 Å². The lowest BCUT2D eigenvalue weighted by atomic mass is 10.0. The molecule has 0 aliphatic carbocycles. The predicted octanol–water partition coefficient (Wildman–Crippen LogP) is 2.46. The Hall–Kier alpha value is -4.51. The van der Waals surface area contributed by atoms with E-state index < -0.39 is 5.91 Å². The number of benzene rings is 2. The molecule has 4 rings (SSSR count). The lowest BCUT2D eigenvalue weighted by Crippen LogP contribution is -2.29. The first-order valence-corrected chi connectivity index (χ1v) is 11.3. The Morgan fingerprint density at radius 2 is 1.92 bits per heavy atom. The number of primary amides is 1. The number of nitrogens with one attached hydrogen (secondary N) is 1. The van der Waals surface area contributed by atoms with Gasteiger partial charge in [-0.2, -0.15) is 4.68 Å². The molecular formula is C25H29N9O2. The minimum atomic E-state index is -0.601. The second kappa shape index (κ2) is 10.4. The van der Waals surface area contributed by atoms with Crippen molar-refractivity contribution in [1.29, 1.82) is 0 Å². The third kappa shape index (κ3) is 5.10. The van der Waals surface area contributed by atoms with Gasteiger partial charge in [-0.05, 0) is 32.3 Å². The number of likely N-dealkylation sites (N-methyl/N-ethyl adjacent to an activating group) is 2. The summed E-state index contributed by atoms with van der Waals surface area (Å²) in [5.41, 5.74) is 9.35. The van der Waals surface area contributed by atoms with Crippen LogP contribution in [0.25, 0.3) is 22.4 Å². The summed E-state index contributed by atoms with van der Waals surface area (Å²) in [4.78, 5) is 24.9. The van der Waals surface area contributed by atoms with Crippen molar-refractivity contribution in [2.24, 2.45) is 5.73 Å².